The highest BCUT2D eigenvalue weighted by molar-refractivity contribution is 5.85. The molecule has 1 amide bonds. The van der Waals surface area contributed by atoms with E-state index >= 15 is 0 Å². The van der Waals surface area contributed by atoms with E-state index in [4.69, 9.17) is 9.47 Å². The third-order valence-corrected chi connectivity index (χ3v) is 3.75. The van der Waals surface area contributed by atoms with Gasteiger partial charge in [-0.05, 0) is 43.0 Å². The third-order valence-electron chi connectivity index (χ3n) is 3.75. The number of nitrogens with one attached hydrogen (secondary N) is 1. The Kier molecular flexibility index (Phi) is 7.75. The molecule has 130 valence electrons. The van der Waals surface area contributed by atoms with Gasteiger partial charge in [0.25, 0.3) is 0 Å². The van der Waals surface area contributed by atoms with E-state index in [1.54, 1.807) is 0 Å². The number of hydrogen-bond acceptors (Lipinski definition) is 4. The second-order valence-corrected chi connectivity index (χ2v) is 5.67. The molecule has 24 heavy (non-hydrogen) atoms. The Morgan fingerprint density at radius 2 is 1.71 bits per heavy atom. The fraction of sp³-hybridized carbons (Fsp3) is 0.368. The van der Waals surface area contributed by atoms with Crippen LogP contribution in [0.3, 0.4) is 0 Å². The lowest BCUT2D eigenvalue weighted by atomic mass is 9.95. The lowest BCUT2D eigenvalue weighted by Crippen LogP contribution is -2.17. The lowest BCUT2D eigenvalue weighted by Gasteiger charge is -2.12. The molecular weight excluding hydrogens is 306 g/mol. The van der Waals surface area contributed by atoms with Crippen LogP contribution in [0.2, 0.25) is 0 Å². The number of amides is 1. The van der Waals surface area contributed by atoms with E-state index in [9.17, 15) is 9.59 Å². The summed E-state index contributed by atoms with van der Waals surface area (Å²) in [6.45, 7) is 11.8. The molecule has 0 bridgehead atoms. The van der Waals surface area contributed by atoms with Gasteiger partial charge >= 0.3 is 12.1 Å². The number of rotatable bonds is 7. The van der Waals surface area contributed by atoms with Crippen LogP contribution in [0.1, 0.15) is 33.3 Å². The summed E-state index contributed by atoms with van der Waals surface area (Å²) in [7, 11) is 0. The summed E-state index contributed by atoms with van der Waals surface area (Å²) in [5.74, 6) is -0.0531. The zero-order valence-corrected chi connectivity index (χ0v) is 14.7. The van der Waals surface area contributed by atoms with Gasteiger partial charge in [-0.15, -0.1) is 0 Å². The molecule has 0 aromatic heterocycles. The first kappa shape index (κ1) is 19.5. The van der Waals surface area contributed by atoms with E-state index < -0.39 is 12.1 Å². The molecule has 1 rings (SSSR count). The zero-order valence-electron chi connectivity index (χ0n) is 14.7. The molecule has 0 saturated heterocycles. The molecule has 1 aromatic carbocycles. The highest BCUT2D eigenvalue weighted by Gasteiger charge is 2.07. The van der Waals surface area contributed by atoms with Gasteiger partial charge in [-0.3, -0.25) is 5.32 Å². The summed E-state index contributed by atoms with van der Waals surface area (Å²) in [6.07, 6.45) is 0.460. The molecule has 0 aliphatic heterocycles. The molecule has 0 fully saturated rings. The van der Waals surface area contributed by atoms with Gasteiger partial charge in [0.1, 0.15) is 13.2 Å². The van der Waals surface area contributed by atoms with Crippen LogP contribution in [0, 0.1) is 5.92 Å². The lowest BCUT2D eigenvalue weighted by molar-refractivity contribution is -0.138. The summed E-state index contributed by atoms with van der Waals surface area (Å²) in [5, 5.41) is 2.62. The molecule has 0 spiro atoms. The molecule has 1 N–H and O–H groups in total. The van der Waals surface area contributed by atoms with Gasteiger partial charge in [-0.25, -0.2) is 9.59 Å². The predicted molar refractivity (Wildman–Crippen MR) is 95.7 cm³/mol. The maximum Gasteiger partial charge on any atom is 0.411 e. The second-order valence-electron chi connectivity index (χ2n) is 5.67. The Bertz CT molecular complexity index is 615. The number of carbonyl (C=O) groups excluding carboxylic acids is 2. The van der Waals surface area contributed by atoms with Crippen LogP contribution in [-0.2, 0) is 14.3 Å². The van der Waals surface area contributed by atoms with E-state index in [2.05, 4.69) is 39.6 Å². The van der Waals surface area contributed by atoms with Crippen molar-refractivity contribution in [2.24, 2.45) is 5.92 Å². The van der Waals surface area contributed by atoms with E-state index in [1.807, 2.05) is 24.3 Å². The van der Waals surface area contributed by atoms with Gasteiger partial charge in [-0.2, -0.15) is 0 Å². The summed E-state index contributed by atoms with van der Waals surface area (Å²) in [4.78, 5) is 22.5. The van der Waals surface area contributed by atoms with E-state index in [1.165, 1.54) is 11.1 Å². The Balaban J connectivity index is 2.52. The van der Waals surface area contributed by atoms with Crippen LogP contribution >= 0.6 is 0 Å². The van der Waals surface area contributed by atoms with Crippen molar-refractivity contribution in [2.75, 3.05) is 18.5 Å². The van der Waals surface area contributed by atoms with Crippen LogP contribution in [0.5, 0.6) is 0 Å². The normalized spacial score (nSPS) is 11.5. The number of hydrogen-bond donors (Lipinski definition) is 1. The van der Waals surface area contributed by atoms with Gasteiger partial charge < -0.3 is 9.47 Å². The minimum Gasteiger partial charge on any atom is -0.459 e. The van der Waals surface area contributed by atoms with Crippen LogP contribution < -0.4 is 5.32 Å². The Morgan fingerprint density at radius 3 is 2.25 bits per heavy atom. The number of esters is 1. The summed E-state index contributed by atoms with van der Waals surface area (Å²) < 4.78 is 9.63. The fourth-order valence-electron chi connectivity index (χ4n) is 1.95. The molecule has 0 saturated carbocycles. The molecule has 5 heteroatoms. The first-order valence-electron chi connectivity index (χ1n) is 7.86. The van der Waals surface area contributed by atoms with Gasteiger partial charge in [0.2, 0.25) is 0 Å². The maximum absolute atomic E-state index is 11.6. The number of benzene rings is 1. The van der Waals surface area contributed by atoms with Crippen molar-refractivity contribution in [3.8, 4) is 0 Å². The zero-order chi connectivity index (χ0) is 18.1. The molecule has 5 nitrogen and oxygen atoms in total. The van der Waals surface area contributed by atoms with Crippen molar-refractivity contribution in [1.82, 2.24) is 0 Å². The van der Waals surface area contributed by atoms with Gasteiger partial charge in [0, 0.05) is 11.8 Å². The smallest absolute Gasteiger partial charge is 0.411 e. The Morgan fingerprint density at radius 1 is 1.12 bits per heavy atom. The monoisotopic (exact) mass is 331 g/mol. The van der Waals surface area contributed by atoms with Crippen molar-refractivity contribution >= 4 is 23.3 Å². The standard InChI is InChI=1S/C19H25NO4/c1-6-18(21)23-11-12-24-19(22)20-17-9-7-16(8-10-17)15(5)14(4)13(2)3/h6-10,13H,1,11-12H2,2-5H3,(H,20,22)/b15-14+. The molecule has 0 aliphatic rings. The average molecular weight is 331 g/mol. The minimum absolute atomic E-state index is 0.00429. The molecule has 0 unspecified atom stereocenters. The van der Waals surface area contributed by atoms with Crippen LogP contribution in [-0.4, -0.2) is 25.3 Å². The predicted octanol–water partition coefficient (Wildman–Crippen LogP) is 4.41. The van der Waals surface area contributed by atoms with E-state index in [0.717, 1.165) is 11.6 Å². The van der Waals surface area contributed by atoms with Gasteiger partial charge in [-0.1, -0.05) is 38.1 Å². The first-order valence-corrected chi connectivity index (χ1v) is 7.86. The molecule has 0 atom stereocenters. The first-order chi connectivity index (χ1) is 11.3. The summed E-state index contributed by atoms with van der Waals surface area (Å²) in [6, 6.07) is 7.57. The fourth-order valence-corrected chi connectivity index (χ4v) is 1.95. The van der Waals surface area contributed by atoms with Gasteiger partial charge in [0.15, 0.2) is 0 Å². The quantitative estimate of drug-likeness (QED) is 0.456. The molecule has 0 radical (unpaired) electrons. The van der Waals surface area contributed by atoms with Crippen molar-refractivity contribution in [2.45, 2.75) is 27.7 Å². The SMILES string of the molecule is C=CC(=O)OCCOC(=O)Nc1ccc(/C(C)=C(\C)C(C)C)cc1. The highest BCUT2D eigenvalue weighted by Crippen LogP contribution is 2.24. The number of allylic oxidation sites excluding steroid dienone is 2. The maximum atomic E-state index is 11.6. The van der Waals surface area contributed by atoms with Crippen LogP contribution in [0.4, 0.5) is 10.5 Å². The average Bonchev–Trinajstić information content (AvgIpc) is 2.57. The summed E-state index contributed by atoms with van der Waals surface area (Å²) in [5.41, 5.74) is 4.34. The Labute approximate surface area is 143 Å². The second kappa shape index (κ2) is 9.55. The number of carbonyl (C=O) groups is 2. The minimum atomic E-state index is -0.594. The van der Waals surface area contributed by atoms with Crippen LogP contribution in [0.25, 0.3) is 5.57 Å². The number of anilines is 1. The topological polar surface area (TPSA) is 64.6 Å². The van der Waals surface area contributed by atoms with Crippen molar-refractivity contribution < 1.29 is 19.1 Å². The van der Waals surface area contributed by atoms with E-state index in [-0.39, 0.29) is 13.2 Å². The number of ether oxygens (including phenoxy) is 2. The molecular formula is C19H25NO4. The molecule has 1 aromatic rings. The summed E-state index contributed by atoms with van der Waals surface area (Å²) >= 11 is 0. The van der Waals surface area contributed by atoms with Crippen molar-refractivity contribution in [3.05, 3.63) is 48.1 Å². The Hall–Kier alpha value is -2.56. The van der Waals surface area contributed by atoms with Crippen molar-refractivity contribution in [3.63, 3.8) is 0 Å². The van der Waals surface area contributed by atoms with Gasteiger partial charge in [0.05, 0.1) is 0 Å². The van der Waals surface area contributed by atoms with Crippen molar-refractivity contribution in [1.29, 1.82) is 0 Å². The largest absolute Gasteiger partial charge is 0.459 e. The molecule has 0 aliphatic carbocycles. The third kappa shape index (κ3) is 6.28. The van der Waals surface area contributed by atoms with E-state index in [0.29, 0.717) is 11.6 Å². The highest BCUT2D eigenvalue weighted by atomic mass is 16.6. The van der Waals surface area contributed by atoms with Crippen LogP contribution in [0.15, 0.2) is 42.5 Å². The molecule has 0 heterocycles.